The number of hydrogen-bond acceptors (Lipinski definition) is 6. The molecule has 34 heavy (non-hydrogen) atoms. The summed E-state index contributed by atoms with van der Waals surface area (Å²) in [5, 5.41) is 7.33. The summed E-state index contributed by atoms with van der Waals surface area (Å²) in [5.74, 6) is -0.201. The maximum absolute atomic E-state index is 12.6. The minimum absolute atomic E-state index is 0.141. The summed E-state index contributed by atoms with van der Waals surface area (Å²) in [5.41, 5.74) is 1.16. The van der Waals surface area contributed by atoms with Crippen LogP contribution in [0.15, 0.2) is 106 Å². The fourth-order valence-electron chi connectivity index (χ4n) is 3.03. The standard InChI is InChI=1S/C25H20N2O5S2/c28-24(26-18-8-10-19(11-9-18)27-25(29)23-7-4-16-33-23)17-32-20-12-14-22(15-13-20)34(30,31)21-5-2-1-3-6-21/h1-16H,17H2,(H,26,28)(H,27,29). The van der Waals surface area contributed by atoms with E-state index >= 15 is 0 Å². The van der Waals surface area contributed by atoms with E-state index in [4.69, 9.17) is 4.74 Å². The van der Waals surface area contributed by atoms with Gasteiger partial charge in [-0.3, -0.25) is 9.59 Å². The predicted molar refractivity (Wildman–Crippen MR) is 131 cm³/mol. The normalized spacial score (nSPS) is 10.9. The van der Waals surface area contributed by atoms with Gasteiger partial charge in [0.25, 0.3) is 11.8 Å². The van der Waals surface area contributed by atoms with Crippen LogP contribution in [0.4, 0.5) is 11.4 Å². The van der Waals surface area contributed by atoms with Crippen molar-refractivity contribution in [1.29, 1.82) is 0 Å². The molecule has 0 saturated heterocycles. The first-order valence-electron chi connectivity index (χ1n) is 10.2. The van der Waals surface area contributed by atoms with Crippen LogP contribution in [-0.4, -0.2) is 26.8 Å². The molecule has 4 aromatic rings. The average Bonchev–Trinajstić information content (AvgIpc) is 3.40. The predicted octanol–water partition coefficient (Wildman–Crippen LogP) is 4.85. The number of carbonyl (C=O) groups excluding carboxylic acids is 2. The molecule has 0 aliphatic rings. The lowest BCUT2D eigenvalue weighted by molar-refractivity contribution is -0.118. The first-order chi connectivity index (χ1) is 16.4. The Bertz CT molecular complexity index is 1370. The van der Waals surface area contributed by atoms with Gasteiger partial charge in [0.05, 0.1) is 14.7 Å². The molecule has 0 fully saturated rings. The van der Waals surface area contributed by atoms with E-state index in [0.717, 1.165) is 0 Å². The van der Waals surface area contributed by atoms with Gasteiger partial charge in [-0.15, -0.1) is 11.3 Å². The molecule has 0 aliphatic heterocycles. The number of nitrogens with one attached hydrogen (secondary N) is 2. The fourth-order valence-corrected chi connectivity index (χ4v) is 4.93. The van der Waals surface area contributed by atoms with Crippen molar-refractivity contribution in [2.75, 3.05) is 17.2 Å². The van der Waals surface area contributed by atoms with Crippen LogP contribution < -0.4 is 15.4 Å². The Labute approximate surface area is 200 Å². The number of benzene rings is 3. The van der Waals surface area contributed by atoms with Crippen LogP contribution in [0, 0.1) is 0 Å². The lowest BCUT2D eigenvalue weighted by Crippen LogP contribution is -2.20. The smallest absolute Gasteiger partial charge is 0.265 e. The van der Waals surface area contributed by atoms with Gasteiger partial charge in [-0.1, -0.05) is 24.3 Å². The first-order valence-corrected chi connectivity index (χ1v) is 12.6. The molecule has 7 nitrogen and oxygen atoms in total. The zero-order valence-corrected chi connectivity index (χ0v) is 19.4. The zero-order valence-electron chi connectivity index (χ0n) is 17.8. The quantitative estimate of drug-likeness (QED) is 0.366. The van der Waals surface area contributed by atoms with Crippen LogP contribution >= 0.6 is 11.3 Å². The minimum Gasteiger partial charge on any atom is -0.484 e. The van der Waals surface area contributed by atoms with E-state index in [1.165, 1.54) is 47.7 Å². The number of sulfone groups is 1. The van der Waals surface area contributed by atoms with Crippen molar-refractivity contribution >= 4 is 44.4 Å². The number of hydrogen-bond donors (Lipinski definition) is 2. The topological polar surface area (TPSA) is 102 Å². The molecule has 0 bridgehead atoms. The molecule has 4 rings (SSSR count). The van der Waals surface area contributed by atoms with Crippen molar-refractivity contribution in [3.63, 3.8) is 0 Å². The van der Waals surface area contributed by atoms with E-state index in [-0.39, 0.29) is 28.2 Å². The van der Waals surface area contributed by atoms with Gasteiger partial charge in [-0.05, 0) is 72.1 Å². The Hall–Kier alpha value is -3.95. The number of thiophene rings is 1. The van der Waals surface area contributed by atoms with E-state index in [1.807, 2.05) is 5.38 Å². The summed E-state index contributed by atoms with van der Waals surface area (Å²) < 4.78 is 30.7. The van der Waals surface area contributed by atoms with E-state index in [9.17, 15) is 18.0 Å². The van der Waals surface area contributed by atoms with Crippen molar-refractivity contribution in [3.05, 3.63) is 101 Å². The van der Waals surface area contributed by atoms with Crippen LogP contribution in [0.3, 0.4) is 0 Å². The van der Waals surface area contributed by atoms with E-state index < -0.39 is 9.84 Å². The van der Waals surface area contributed by atoms with Crippen LogP contribution in [0.25, 0.3) is 0 Å². The summed E-state index contributed by atoms with van der Waals surface area (Å²) in [6.07, 6.45) is 0. The number of ether oxygens (including phenoxy) is 1. The zero-order chi connectivity index (χ0) is 24.0. The van der Waals surface area contributed by atoms with Crippen molar-refractivity contribution < 1.29 is 22.7 Å². The third kappa shape index (κ3) is 5.69. The van der Waals surface area contributed by atoms with Gasteiger partial charge >= 0.3 is 0 Å². The molecule has 2 amide bonds. The molecule has 0 spiro atoms. The van der Waals surface area contributed by atoms with Crippen LogP contribution in [0.2, 0.25) is 0 Å². The molecule has 1 aromatic heterocycles. The third-order valence-electron chi connectivity index (χ3n) is 4.73. The second-order valence-electron chi connectivity index (χ2n) is 7.13. The molecular weight excluding hydrogens is 472 g/mol. The lowest BCUT2D eigenvalue weighted by atomic mass is 10.2. The Morgan fingerprint density at radius 1 is 0.735 bits per heavy atom. The molecule has 172 valence electrons. The van der Waals surface area contributed by atoms with Gasteiger partial charge in [-0.2, -0.15) is 0 Å². The highest BCUT2D eigenvalue weighted by atomic mass is 32.2. The van der Waals surface area contributed by atoms with Crippen molar-refractivity contribution in [2.24, 2.45) is 0 Å². The lowest BCUT2D eigenvalue weighted by Gasteiger charge is -2.10. The van der Waals surface area contributed by atoms with Crippen LogP contribution in [0.1, 0.15) is 9.67 Å². The second kappa shape index (κ2) is 10.3. The number of amides is 2. The molecule has 2 N–H and O–H groups in total. The molecule has 0 saturated carbocycles. The number of anilines is 2. The van der Waals surface area contributed by atoms with Crippen molar-refractivity contribution in [1.82, 2.24) is 0 Å². The molecule has 1 heterocycles. The van der Waals surface area contributed by atoms with E-state index in [1.54, 1.807) is 54.6 Å². The summed E-state index contributed by atoms with van der Waals surface area (Å²) >= 11 is 1.35. The van der Waals surface area contributed by atoms with E-state index in [0.29, 0.717) is 22.0 Å². The Morgan fingerprint density at radius 2 is 1.35 bits per heavy atom. The Balaban J connectivity index is 1.29. The highest BCUT2D eigenvalue weighted by Crippen LogP contribution is 2.23. The second-order valence-corrected chi connectivity index (χ2v) is 10.0. The Kier molecular flexibility index (Phi) is 7.05. The third-order valence-corrected chi connectivity index (χ3v) is 7.38. The molecule has 0 aliphatic carbocycles. The Morgan fingerprint density at radius 3 is 1.97 bits per heavy atom. The highest BCUT2D eigenvalue weighted by Gasteiger charge is 2.17. The summed E-state index contributed by atoms with van der Waals surface area (Å²) in [4.78, 5) is 25.3. The van der Waals surface area contributed by atoms with Gasteiger partial charge in [0.1, 0.15) is 5.75 Å². The monoisotopic (exact) mass is 492 g/mol. The molecule has 3 aromatic carbocycles. The largest absolute Gasteiger partial charge is 0.484 e. The SMILES string of the molecule is O=C(COc1ccc(S(=O)(=O)c2ccccc2)cc1)Nc1ccc(NC(=O)c2cccs2)cc1. The number of carbonyl (C=O) groups is 2. The van der Waals surface area contributed by atoms with Gasteiger partial charge in [0, 0.05) is 11.4 Å². The van der Waals surface area contributed by atoms with Gasteiger partial charge in [0.15, 0.2) is 6.61 Å². The fraction of sp³-hybridized carbons (Fsp3) is 0.0400. The first kappa shape index (κ1) is 23.2. The van der Waals surface area contributed by atoms with Crippen molar-refractivity contribution in [2.45, 2.75) is 9.79 Å². The summed E-state index contributed by atoms with van der Waals surface area (Å²) in [7, 11) is -3.61. The van der Waals surface area contributed by atoms with Gasteiger partial charge in [-0.25, -0.2) is 8.42 Å². The van der Waals surface area contributed by atoms with Gasteiger partial charge < -0.3 is 15.4 Å². The maximum Gasteiger partial charge on any atom is 0.265 e. The van der Waals surface area contributed by atoms with Crippen LogP contribution in [0.5, 0.6) is 5.75 Å². The summed E-state index contributed by atoms with van der Waals surface area (Å²) in [6.45, 7) is -0.248. The highest BCUT2D eigenvalue weighted by molar-refractivity contribution is 7.91. The summed E-state index contributed by atoms with van der Waals surface area (Å²) in [6, 6.07) is 24.3. The van der Waals surface area contributed by atoms with E-state index in [2.05, 4.69) is 10.6 Å². The van der Waals surface area contributed by atoms with Crippen molar-refractivity contribution in [3.8, 4) is 5.75 Å². The minimum atomic E-state index is -3.61. The molecule has 0 unspecified atom stereocenters. The average molecular weight is 493 g/mol. The van der Waals surface area contributed by atoms with Crippen LogP contribution in [-0.2, 0) is 14.6 Å². The molecule has 0 atom stereocenters. The molecular formula is C25H20N2O5S2. The molecule has 9 heteroatoms. The number of rotatable bonds is 8. The van der Waals surface area contributed by atoms with Gasteiger partial charge in [0.2, 0.25) is 9.84 Å². The maximum atomic E-state index is 12.6. The molecule has 0 radical (unpaired) electrons.